The molecular weight excluding hydrogens is 332 g/mol. The summed E-state index contributed by atoms with van der Waals surface area (Å²) in [5, 5.41) is 0. The first-order chi connectivity index (χ1) is 12.4. The standard InChI is InChI=1S/C23H32N2Si/c1-20-13-15-24-22(18-20)23-19-21(14-16-25-23)12-10-8-6-5-7-9-11-17-26(2,3)4/h13-16,18-19H,5-10,12H2,1-4H3. The fourth-order valence-corrected chi connectivity index (χ4v) is 3.50. The van der Waals surface area contributed by atoms with Crippen molar-refractivity contribution in [2.45, 2.75) is 71.5 Å². The van der Waals surface area contributed by atoms with Gasteiger partial charge >= 0.3 is 0 Å². The first kappa shape index (κ1) is 20.4. The molecule has 3 heteroatoms. The van der Waals surface area contributed by atoms with Crippen molar-refractivity contribution in [2.75, 3.05) is 0 Å². The molecule has 2 heterocycles. The number of nitrogens with zero attached hydrogens (tertiary/aromatic N) is 2. The quantitative estimate of drug-likeness (QED) is 0.316. The lowest BCUT2D eigenvalue weighted by atomic mass is 10.0. The minimum Gasteiger partial charge on any atom is -0.255 e. The van der Waals surface area contributed by atoms with Crippen LogP contribution in [0.3, 0.4) is 0 Å². The Bertz CT molecular complexity index is 751. The van der Waals surface area contributed by atoms with Crippen LogP contribution in [0, 0.1) is 18.4 Å². The lowest BCUT2D eigenvalue weighted by Gasteiger charge is -2.05. The summed E-state index contributed by atoms with van der Waals surface area (Å²) < 4.78 is 0. The lowest BCUT2D eigenvalue weighted by Crippen LogP contribution is -2.16. The van der Waals surface area contributed by atoms with Crippen LogP contribution in [0.5, 0.6) is 0 Å². The Balaban J connectivity index is 1.69. The zero-order chi connectivity index (χ0) is 18.8. The van der Waals surface area contributed by atoms with Gasteiger partial charge in [0.2, 0.25) is 0 Å². The maximum absolute atomic E-state index is 4.48. The van der Waals surface area contributed by atoms with E-state index in [4.69, 9.17) is 0 Å². The number of unbranched alkanes of at least 4 members (excludes halogenated alkanes) is 5. The normalized spacial score (nSPS) is 11.1. The largest absolute Gasteiger partial charge is 0.255 e. The van der Waals surface area contributed by atoms with Crippen molar-refractivity contribution in [3.8, 4) is 22.9 Å². The highest BCUT2D eigenvalue weighted by molar-refractivity contribution is 6.83. The minimum atomic E-state index is -1.18. The van der Waals surface area contributed by atoms with Crippen LogP contribution in [0.25, 0.3) is 11.4 Å². The lowest BCUT2D eigenvalue weighted by molar-refractivity contribution is 0.620. The maximum Gasteiger partial charge on any atom is 0.129 e. The molecule has 0 aliphatic carbocycles. The van der Waals surface area contributed by atoms with Gasteiger partial charge in [0.05, 0.1) is 11.4 Å². The smallest absolute Gasteiger partial charge is 0.129 e. The van der Waals surface area contributed by atoms with E-state index in [1.54, 1.807) is 0 Å². The SMILES string of the molecule is Cc1ccnc(-c2cc(CCCCCCCC#C[Si](C)(C)C)ccn2)c1. The van der Waals surface area contributed by atoms with Crippen LogP contribution in [-0.2, 0) is 6.42 Å². The third kappa shape index (κ3) is 7.97. The van der Waals surface area contributed by atoms with Crippen molar-refractivity contribution in [3.63, 3.8) is 0 Å². The first-order valence-corrected chi connectivity index (χ1v) is 13.3. The number of hydrogen-bond acceptors (Lipinski definition) is 2. The van der Waals surface area contributed by atoms with Crippen LogP contribution in [0.1, 0.15) is 49.7 Å². The van der Waals surface area contributed by atoms with Gasteiger partial charge in [-0.3, -0.25) is 9.97 Å². The summed E-state index contributed by atoms with van der Waals surface area (Å²) in [6.07, 6.45) is 12.3. The molecular formula is C23H32N2Si. The molecule has 2 nitrogen and oxygen atoms in total. The van der Waals surface area contributed by atoms with Gasteiger partial charge in [-0.2, -0.15) is 0 Å². The van der Waals surface area contributed by atoms with E-state index >= 15 is 0 Å². The maximum atomic E-state index is 4.48. The van der Waals surface area contributed by atoms with Crippen molar-refractivity contribution in [3.05, 3.63) is 47.8 Å². The van der Waals surface area contributed by atoms with E-state index in [2.05, 4.69) is 66.2 Å². The molecule has 0 saturated carbocycles. The van der Waals surface area contributed by atoms with E-state index in [-0.39, 0.29) is 0 Å². The van der Waals surface area contributed by atoms with Crippen LogP contribution in [0.2, 0.25) is 19.6 Å². The molecule has 138 valence electrons. The predicted octanol–water partition coefficient (Wildman–Crippen LogP) is 6.22. The van der Waals surface area contributed by atoms with Gasteiger partial charge in [-0.1, -0.05) is 38.9 Å². The number of hydrogen-bond donors (Lipinski definition) is 0. The van der Waals surface area contributed by atoms with Gasteiger partial charge in [0.1, 0.15) is 8.07 Å². The van der Waals surface area contributed by atoms with Gasteiger partial charge in [-0.15, -0.1) is 11.5 Å². The molecule has 0 radical (unpaired) electrons. The van der Waals surface area contributed by atoms with Crippen LogP contribution in [0.15, 0.2) is 36.7 Å². The molecule has 0 N–H and O–H groups in total. The molecule has 0 saturated heterocycles. The van der Waals surface area contributed by atoms with E-state index < -0.39 is 8.07 Å². The molecule has 0 unspecified atom stereocenters. The average Bonchev–Trinajstić information content (AvgIpc) is 2.59. The van der Waals surface area contributed by atoms with Crippen molar-refractivity contribution < 1.29 is 0 Å². The highest BCUT2D eigenvalue weighted by Crippen LogP contribution is 2.18. The Morgan fingerprint density at radius 3 is 2.23 bits per heavy atom. The van der Waals surface area contributed by atoms with E-state index in [1.807, 2.05) is 18.5 Å². The molecule has 0 aromatic carbocycles. The molecule has 2 rings (SSSR count). The molecule has 0 fully saturated rings. The number of aryl methyl sites for hydroxylation is 2. The fourth-order valence-electron chi connectivity index (χ4n) is 2.85. The zero-order valence-electron chi connectivity index (χ0n) is 16.8. The monoisotopic (exact) mass is 364 g/mol. The van der Waals surface area contributed by atoms with E-state index in [0.29, 0.717) is 0 Å². The molecule has 0 atom stereocenters. The van der Waals surface area contributed by atoms with Gasteiger partial charge in [0.25, 0.3) is 0 Å². The summed E-state index contributed by atoms with van der Waals surface area (Å²) in [6, 6.07) is 8.43. The van der Waals surface area contributed by atoms with E-state index in [1.165, 1.54) is 43.2 Å². The minimum absolute atomic E-state index is 0.964. The van der Waals surface area contributed by atoms with Crippen LogP contribution >= 0.6 is 0 Å². The third-order valence-electron chi connectivity index (χ3n) is 4.23. The predicted molar refractivity (Wildman–Crippen MR) is 115 cm³/mol. The molecule has 0 aliphatic heterocycles. The van der Waals surface area contributed by atoms with Gasteiger partial charge in [0, 0.05) is 18.8 Å². The summed E-state index contributed by atoms with van der Waals surface area (Å²) in [4.78, 5) is 8.92. The summed E-state index contributed by atoms with van der Waals surface area (Å²) in [5.74, 6) is 3.37. The molecule has 2 aromatic heterocycles. The average molecular weight is 365 g/mol. The Morgan fingerprint density at radius 1 is 0.846 bits per heavy atom. The van der Waals surface area contributed by atoms with Gasteiger partial charge < -0.3 is 0 Å². The second-order valence-corrected chi connectivity index (χ2v) is 12.8. The third-order valence-corrected chi connectivity index (χ3v) is 5.16. The van der Waals surface area contributed by atoms with Crippen molar-refractivity contribution >= 4 is 8.07 Å². The number of rotatable bonds is 8. The molecule has 0 spiro atoms. The first-order valence-electron chi connectivity index (χ1n) is 9.82. The van der Waals surface area contributed by atoms with Gasteiger partial charge in [0.15, 0.2) is 0 Å². The van der Waals surface area contributed by atoms with E-state index in [0.717, 1.165) is 24.2 Å². The Morgan fingerprint density at radius 2 is 1.50 bits per heavy atom. The van der Waals surface area contributed by atoms with Gasteiger partial charge in [-0.05, 0) is 61.6 Å². The molecule has 2 aromatic rings. The van der Waals surface area contributed by atoms with Crippen molar-refractivity contribution in [1.29, 1.82) is 0 Å². The number of pyridine rings is 2. The van der Waals surface area contributed by atoms with Crippen molar-refractivity contribution in [1.82, 2.24) is 9.97 Å². The van der Waals surface area contributed by atoms with E-state index in [9.17, 15) is 0 Å². The molecule has 26 heavy (non-hydrogen) atoms. The summed E-state index contributed by atoms with van der Waals surface area (Å²) in [5.41, 5.74) is 7.97. The second-order valence-electron chi connectivity index (χ2n) is 8.09. The molecule has 0 bridgehead atoms. The topological polar surface area (TPSA) is 25.8 Å². The van der Waals surface area contributed by atoms with Gasteiger partial charge in [-0.25, -0.2) is 0 Å². The summed E-state index contributed by atoms with van der Waals surface area (Å²) in [7, 11) is -1.18. The van der Waals surface area contributed by atoms with Crippen molar-refractivity contribution in [2.24, 2.45) is 0 Å². The zero-order valence-corrected chi connectivity index (χ0v) is 17.8. The fraction of sp³-hybridized carbons (Fsp3) is 0.478. The second kappa shape index (κ2) is 10.3. The number of aromatic nitrogens is 2. The molecule has 0 amide bonds. The summed E-state index contributed by atoms with van der Waals surface area (Å²) >= 11 is 0. The Hall–Kier alpha value is -1.92. The molecule has 0 aliphatic rings. The summed E-state index contributed by atoms with van der Waals surface area (Å²) in [6.45, 7) is 9.00. The highest BCUT2D eigenvalue weighted by Gasteiger charge is 2.07. The Kier molecular flexibility index (Phi) is 8.06. The van der Waals surface area contributed by atoms with Crippen LogP contribution < -0.4 is 0 Å². The highest BCUT2D eigenvalue weighted by atomic mass is 28.3. The van der Waals surface area contributed by atoms with Crippen LogP contribution in [-0.4, -0.2) is 18.0 Å². The van der Waals surface area contributed by atoms with Crippen LogP contribution in [0.4, 0.5) is 0 Å². The Labute approximate surface area is 160 Å².